The maximum Gasteiger partial charge on any atom is 0.254 e. The number of carbonyl (C=O) groups is 2. The first-order valence-corrected chi connectivity index (χ1v) is 13.2. The lowest BCUT2D eigenvalue weighted by Gasteiger charge is -2.17. The third-order valence-electron chi connectivity index (χ3n) is 6.76. The number of hydrogen-bond donors (Lipinski definition) is 2. The molecule has 3 aromatic carbocycles. The number of nitrogens with zero attached hydrogens (tertiary/aromatic N) is 3. The lowest BCUT2D eigenvalue weighted by molar-refractivity contribution is -0.119. The van der Waals surface area contributed by atoms with Crippen LogP contribution < -0.4 is 10.6 Å². The summed E-state index contributed by atoms with van der Waals surface area (Å²) in [6.07, 6.45) is 2.42. The predicted molar refractivity (Wildman–Crippen MR) is 148 cm³/mol. The molecule has 0 saturated carbocycles. The number of halogens is 1. The van der Waals surface area contributed by atoms with Gasteiger partial charge in [0.1, 0.15) is 5.82 Å². The van der Waals surface area contributed by atoms with Crippen LogP contribution in [0.5, 0.6) is 0 Å². The third kappa shape index (κ3) is 4.68. The van der Waals surface area contributed by atoms with E-state index in [0.29, 0.717) is 30.6 Å². The van der Waals surface area contributed by atoms with Gasteiger partial charge in [0.25, 0.3) is 5.91 Å². The second-order valence-electron chi connectivity index (χ2n) is 9.38. The van der Waals surface area contributed by atoms with Crippen LogP contribution in [0.2, 0.25) is 0 Å². The van der Waals surface area contributed by atoms with Crippen LogP contribution in [0.4, 0.5) is 15.8 Å². The molecule has 0 aliphatic carbocycles. The van der Waals surface area contributed by atoms with Gasteiger partial charge in [-0.3, -0.25) is 14.6 Å². The fourth-order valence-electron chi connectivity index (χ4n) is 4.93. The lowest BCUT2D eigenvalue weighted by atomic mass is 10.00. The van der Waals surface area contributed by atoms with Crippen LogP contribution in [-0.2, 0) is 4.79 Å². The quantitative estimate of drug-likeness (QED) is 0.305. The molecule has 1 fully saturated rings. The van der Waals surface area contributed by atoms with Crippen LogP contribution in [0.3, 0.4) is 0 Å². The Morgan fingerprint density at radius 2 is 1.92 bits per heavy atom. The number of rotatable bonds is 5. The van der Waals surface area contributed by atoms with Crippen LogP contribution in [0.1, 0.15) is 23.7 Å². The van der Waals surface area contributed by atoms with Crippen molar-refractivity contribution in [3.8, 4) is 11.1 Å². The maximum absolute atomic E-state index is 15.3. The monoisotopic (exact) mass is 525 g/mol. The average molecular weight is 526 g/mol. The molecule has 1 atom stereocenters. The Labute approximate surface area is 222 Å². The van der Waals surface area contributed by atoms with Gasteiger partial charge in [-0.15, -0.1) is 11.3 Å². The molecule has 0 spiro atoms. The molecule has 7 nitrogen and oxygen atoms in total. The Kier molecular flexibility index (Phi) is 6.21. The van der Waals surface area contributed by atoms with Crippen LogP contribution >= 0.6 is 11.3 Å². The van der Waals surface area contributed by atoms with Crippen molar-refractivity contribution < 1.29 is 14.0 Å². The zero-order valence-electron chi connectivity index (χ0n) is 20.6. The van der Waals surface area contributed by atoms with E-state index in [1.807, 2.05) is 48.0 Å². The topological polar surface area (TPSA) is 87.2 Å². The smallest absolute Gasteiger partial charge is 0.254 e. The Bertz CT molecular complexity index is 1700. The summed E-state index contributed by atoms with van der Waals surface area (Å²) >= 11 is 1.59. The number of hydrogen-bond acceptors (Lipinski definition) is 6. The first-order valence-electron chi connectivity index (χ1n) is 12.3. The van der Waals surface area contributed by atoms with E-state index in [2.05, 4.69) is 20.6 Å². The van der Waals surface area contributed by atoms with Crippen molar-refractivity contribution in [3.05, 3.63) is 83.8 Å². The molecule has 3 heterocycles. The largest absolute Gasteiger partial charge is 0.355 e. The molecule has 38 heavy (non-hydrogen) atoms. The van der Waals surface area contributed by atoms with E-state index in [9.17, 15) is 9.59 Å². The molecular formula is C29H24FN5O2S. The number of nitrogens with one attached hydrogen (secondary N) is 2. The minimum Gasteiger partial charge on any atom is -0.355 e. The van der Waals surface area contributed by atoms with Gasteiger partial charge in [-0.25, -0.2) is 9.37 Å². The number of pyridine rings is 1. The zero-order chi connectivity index (χ0) is 26.2. The Morgan fingerprint density at radius 3 is 2.76 bits per heavy atom. The van der Waals surface area contributed by atoms with Gasteiger partial charge >= 0.3 is 0 Å². The molecule has 6 rings (SSSR count). The van der Waals surface area contributed by atoms with Crippen molar-refractivity contribution in [1.82, 2.24) is 20.2 Å². The standard InChI is InChI=1S/C29H24FN5O2S/c1-17(36)33-21-9-11-35(15-21)29(37)19-2-5-22(24(30)13-19)18-3-6-25-23(12-18)26(8-10-31-25)34-20-4-7-28-27(14-20)32-16-38-28/h2-8,10,12-14,16,21H,9,11,15H2,1H3,(H,31,34)(H,33,36). The third-order valence-corrected chi connectivity index (χ3v) is 7.57. The summed E-state index contributed by atoms with van der Waals surface area (Å²) in [4.78, 5) is 34.8. The summed E-state index contributed by atoms with van der Waals surface area (Å²) < 4.78 is 16.4. The summed E-state index contributed by atoms with van der Waals surface area (Å²) in [5.74, 6) is -0.834. The second-order valence-corrected chi connectivity index (χ2v) is 10.3. The van der Waals surface area contributed by atoms with Gasteiger partial charge in [0, 0.05) is 60.1 Å². The molecule has 190 valence electrons. The van der Waals surface area contributed by atoms with Gasteiger partial charge < -0.3 is 15.5 Å². The highest BCUT2D eigenvalue weighted by Crippen LogP contribution is 2.32. The van der Waals surface area contributed by atoms with Crippen LogP contribution in [0.15, 0.2) is 72.4 Å². The number of anilines is 2. The van der Waals surface area contributed by atoms with Crippen LogP contribution in [0, 0.1) is 5.82 Å². The van der Waals surface area contributed by atoms with Crippen molar-refractivity contribution in [2.75, 3.05) is 18.4 Å². The van der Waals surface area contributed by atoms with Crippen molar-refractivity contribution in [2.45, 2.75) is 19.4 Å². The number of carbonyl (C=O) groups excluding carboxylic acids is 2. The Balaban J connectivity index is 1.27. The zero-order valence-corrected chi connectivity index (χ0v) is 21.4. The molecule has 1 unspecified atom stereocenters. The first-order chi connectivity index (χ1) is 18.4. The molecule has 2 amide bonds. The highest BCUT2D eigenvalue weighted by atomic mass is 32.1. The molecule has 1 aliphatic rings. The van der Waals surface area contributed by atoms with Gasteiger partial charge in [-0.2, -0.15) is 0 Å². The molecule has 1 aliphatic heterocycles. The number of thiazole rings is 1. The summed E-state index contributed by atoms with van der Waals surface area (Å²) in [5.41, 5.74) is 6.66. The second kappa shape index (κ2) is 9.83. The SMILES string of the molecule is CC(=O)NC1CCN(C(=O)c2ccc(-c3ccc4nccc(Nc5ccc6scnc6c5)c4c3)c(F)c2)C1. The van der Waals surface area contributed by atoms with Crippen LogP contribution in [0.25, 0.3) is 32.2 Å². The molecule has 2 aromatic heterocycles. The highest BCUT2D eigenvalue weighted by molar-refractivity contribution is 7.16. The fourth-order valence-corrected chi connectivity index (χ4v) is 5.59. The number of likely N-dealkylation sites (tertiary alicyclic amines) is 1. The van der Waals surface area contributed by atoms with E-state index in [-0.39, 0.29) is 23.4 Å². The number of amides is 2. The van der Waals surface area contributed by atoms with Gasteiger partial charge in [0.2, 0.25) is 5.91 Å². The molecule has 0 radical (unpaired) electrons. The lowest BCUT2D eigenvalue weighted by Crippen LogP contribution is -2.37. The first kappa shape index (κ1) is 24.0. The van der Waals surface area contributed by atoms with E-state index in [1.54, 1.807) is 34.6 Å². The fraction of sp³-hybridized carbons (Fsp3) is 0.172. The summed E-state index contributed by atoms with van der Waals surface area (Å²) in [7, 11) is 0. The molecule has 9 heteroatoms. The molecular weight excluding hydrogens is 501 g/mol. The molecule has 1 saturated heterocycles. The maximum atomic E-state index is 15.3. The van der Waals surface area contributed by atoms with Crippen molar-refractivity contribution in [2.24, 2.45) is 0 Å². The summed E-state index contributed by atoms with van der Waals surface area (Å²) in [5, 5.41) is 7.14. The predicted octanol–water partition coefficient (Wildman–Crippen LogP) is 5.74. The van der Waals surface area contributed by atoms with Gasteiger partial charge in [-0.1, -0.05) is 12.1 Å². The minimum atomic E-state index is -0.472. The van der Waals surface area contributed by atoms with E-state index >= 15 is 4.39 Å². The molecule has 0 bridgehead atoms. The van der Waals surface area contributed by atoms with Gasteiger partial charge in [-0.05, 0) is 60.5 Å². The van der Waals surface area contributed by atoms with E-state index in [0.717, 1.165) is 32.5 Å². The van der Waals surface area contributed by atoms with Gasteiger partial charge in [0.05, 0.1) is 21.2 Å². The minimum absolute atomic E-state index is 0.0713. The molecule has 5 aromatic rings. The normalized spacial score (nSPS) is 15.2. The van der Waals surface area contributed by atoms with E-state index in [4.69, 9.17) is 0 Å². The molecule has 2 N–H and O–H groups in total. The summed E-state index contributed by atoms with van der Waals surface area (Å²) in [6.45, 7) is 2.41. The highest BCUT2D eigenvalue weighted by Gasteiger charge is 2.27. The Hall–Kier alpha value is -4.37. The number of aromatic nitrogens is 2. The average Bonchev–Trinajstić information content (AvgIpc) is 3.57. The van der Waals surface area contributed by atoms with Crippen LogP contribution in [-0.4, -0.2) is 45.8 Å². The van der Waals surface area contributed by atoms with Crippen molar-refractivity contribution >= 4 is 55.6 Å². The number of fused-ring (bicyclic) bond motifs is 2. The van der Waals surface area contributed by atoms with E-state index in [1.165, 1.54) is 13.0 Å². The number of benzene rings is 3. The van der Waals surface area contributed by atoms with Crippen molar-refractivity contribution in [1.29, 1.82) is 0 Å². The van der Waals surface area contributed by atoms with Gasteiger partial charge in [0.15, 0.2) is 0 Å². The Morgan fingerprint density at radius 1 is 1.03 bits per heavy atom. The van der Waals surface area contributed by atoms with Crippen molar-refractivity contribution in [3.63, 3.8) is 0 Å². The van der Waals surface area contributed by atoms with E-state index < -0.39 is 5.82 Å². The summed E-state index contributed by atoms with van der Waals surface area (Å²) in [6, 6.07) is 18.0.